The second-order valence-corrected chi connectivity index (χ2v) is 4.40. The Morgan fingerprint density at radius 3 is 2.88 bits per heavy atom. The molecular weight excluding hydrogens is 220 g/mol. The molecule has 0 spiro atoms. The average molecular weight is 237 g/mol. The van der Waals surface area contributed by atoms with E-state index in [2.05, 4.69) is 25.2 Å². The van der Waals surface area contributed by atoms with Crippen LogP contribution in [0.1, 0.15) is 38.7 Å². The first-order valence-corrected chi connectivity index (χ1v) is 6.01. The highest BCUT2D eigenvalue weighted by atomic mass is 35.5. The number of nitrogens with zero attached hydrogens (tertiary/aromatic N) is 1. The number of hydrogen-bond acceptors (Lipinski definition) is 2. The summed E-state index contributed by atoms with van der Waals surface area (Å²) in [4.78, 5) is 0. The smallest absolute Gasteiger partial charge is 0.0992 e. The number of nitrogens with one attached hydrogen (secondary N) is 1. The molecule has 0 bridgehead atoms. The summed E-state index contributed by atoms with van der Waals surface area (Å²) in [6.45, 7) is 4.31. The summed E-state index contributed by atoms with van der Waals surface area (Å²) in [6, 6.07) is 7.77. The molecule has 3 heteroatoms. The van der Waals surface area contributed by atoms with Gasteiger partial charge in [0.1, 0.15) is 0 Å². The predicted molar refractivity (Wildman–Crippen MR) is 68.8 cm³/mol. The third-order valence-electron chi connectivity index (χ3n) is 2.49. The number of unbranched alkanes of at least 4 members (excludes halogenated alkanes) is 1. The Kier molecular flexibility index (Phi) is 5.14. The minimum absolute atomic E-state index is 0.381. The van der Waals surface area contributed by atoms with Crippen LogP contribution >= 0.6 is 11.6 Å². The topological polar surface area (TPSA) is 35.8 Å². The van der Waals surface area contributed by atoms with Crippen molar-refractivity contribution in [2.24, 2.45) is 0 Å². The summed E-state index contributed by atoms with van der Waals surface area (Å²) >= 11 is 6.06. The highest BCUT2D eigenvalue weighted by molar-refractivity contribution is 6.33. The highest BCUT2D eigenvalue weighted by Crippen LogP contribution is 2.24. The second kappa shape index (κ2) is 6.40. The van der Waals surface area contributed by atoms with Crippen LogP contribution in [0.5, 0.6) is 0 Å². The third-order valence-corrected chi connectivity index (χ3v) is 2.82. The van der Waals surface area contributed by atoms with E-state index in [-0.39, 0.29) is 0 Å². The van der Waals surface area contributed by atoms with E-state index in [1.165, 1.54) is 12.8 Å². The monoisotopic (exact) mass is 236 g/mol. The van der Waals surface area contributed by atoms with Crippen molar-refractivity contribution in [3.63, 3.8) is 0 Å². The van der Waals surface area contributed by atoms with E-state index in [0.29, 0.717) is 16.6 Å². The molecule has 0 saturated carbocycles. The summed E-state index contributed by atoms with van der Waals surface area (Å²) in [6.07, 6.45) is 3.51. The van der Waals surface area contributed by atoms with Crippen LogP contribution in [-0.4, -0.2) is 6.04 Å². The van der Waals surface area contributed by atoms with Gasteiger partial charge in [0.2, 0.25) is 0 Å². The zero-order chi connectivity index (χ0) is 12.0. The number of benzene rings is 1. The van der Waals surface area contributed by atoms with Gasteiger partial charge in [0.25, 0.3) is 0 Å². The van der Waals surface area contributed by atoms with Crippen molar-refractivity contribution >= 4 is 17.3 Å². The molecule has 1 rings (SSSR count). The number of rotatable bonds is 5. The summed E-state index contributed by atoms with van der Waals surface area (Å²) in [5.74, 6) is 0. The van der Waals surface area contributed by atoms with E-state index >= 15 is 0 Å². The van der Waals surface area contributed by atoms with Crippen molar-refractivity contribution in [3.05, 3.63) is 28.8 Å². The molecule has 0 aliphatic carbocycles. The molecule has 16 heavy (non-hydrogen) atoms. The van der Waals surface area contributed by atoms with Crippen molar-refractivity contribution in [1.82, 2.24) is 0 Å². The van der Waals surface area contributed by atoms with Gasteiger partial charge in [-0.05, 0) is 31.5 Å². The molecule has 1 N–H and O–H groups in total. The molecule has 1 aromatic rings. The van der Waals surface area contributed by atoms with Crippen molar-refractivity contribution in [3.8, 4) is 6.07 Å². The van der Waals surface area contributed by atoms with Crippen molar-refractivity contribution in [2.45, 2.75) is 39.2 Å². The van der Waals surface area contributed by atoms with Gasteiger partial charge in [0.15, 0.2) is 0 Å². The molecule has 0 fully saturated rings. The predicted octanol–water partition coefficient (Wildman–Crippen LogP) is 4.20. The highest BCUT2D eigenvalue weighted by Gasteiger charge is 2.05. The Balaban J connectivity index is 2.69. The maximum atomic E-state index is 8.81. The third kappa shape index (κ3) is 3.75. The first-order valence-electron chi connectivity index (χ1n) is 5.63. The normalized spacial score (nSPS) is 11.9. The van der Waals surface area contributed by atoms with Crippen molar-refractivity contribution in [1.29, 1.82) is 5.26 Å². The Hall–Kier alpha value is -1.20. The average Bonchev–Trinajstić information content (AvgIpc) is 2.29. The summed E-state index contributed by atoms with van der Waals surface area (Å²) in [5, 5.41) is 12.8. The van der Waals surface area contributed by atoms with Gasteiger partial charge in [0.05, 0.1) is 22.3 Å². The van der Waals surface area contributed by atoms with Crippen LogP contribution in [0, 0.1) is 11.3 Å². The molecule has 1 aromatic carbocycles. The summed E-state index contributed by atoms with van der Waals surface area (Å²) in [5.41, 5.74) is 1.49. The van der Waals surface area contributed by atoms with Gasteiger partial charge in [-0.1, -0.05) is 31.4 Å². The van der Waals surface area contributed by atoms with Gasteiger partial charge in [-0.25, -0.2) is 0 Å². The van der Waals surface area contributed by atoms with E-state index in [1.807, 2.05) is 0 Å². The van der Waals surface area contributed by atoms with Crippen molar-refractivity contribution in [2.75, 3.05) is 5.32 Å². The second-order valence-electron chi connectivity index (χ2n) is 3.99. The standard InChI is InChI=1S/C13H17ClN2/c1-3-4-5-10(2)16-13-8-11(9-15)6-7-12(13)14/h6-8,10,16H,3-5H2,1-2H3. The summed E-state index contributed by atoms with van der Waals surface area (Å²) < 4.78 is 0. The van der Waals surface area contributed by atoms with Gasteiger partial charge in [0, 0.05) is 6.04 Å². The van der Waals surface area contributed by atoms with E-state index in [4.69, 9.17) is 16.9 Å². The zero-order valence-corrected chi connectivity index (χ0v) is 10.5. The molecular formula is C13H17ClN2. The fourth-order valence-electron chi connectivity index (χ4n) is 1.55. The number of hydrogen-bond donors (Lipinski definition) is 1. The van der Waals surface area contributed by atoms with Gasteiger partial charge < -0.3 is 5.32 Å². The Morgan fingerprint density at radius 2 is 2.25 bits per heavy atom. The number of anilines is 1. The Morgan fingerprint density at radius 1 is 1.50 bits per heavy atom. The molecule has 86 valence electrons. The lowest BCUT2D eigenvalue weighted by atomic mass is 10.1. The molecule has 0 radical (unpaired) electrons. The van der Waals surface area contributed by atoms with E-state index in [1.54, 1.807) is 18.2 Å². The molecule has 0 aromatic heterocycles. The minimum Gasteiger partial charge on any atom is -0.381 e. The Bertz CT molecular complexity index is 382. The van der Waals surface area contributed by atoms with Crippen LogP contribution in [0.3, 0.4) is 0 Å². The first-order chi connectivity index (χ1) is 7.67. The zero-order valence-electron chi connectivity index (χ0n) is 9.76. The molecule has 1 unspecified atom stereocenters. The van der Waals surface area contributed by atoms with E-state index in [9.17, 15) is 0 Å². The van der Waals surface area contributed by atoms with Crippen LogP contribution in [0.25, 0.3) is 0 Å². The maximum Gasteiger partial charge on any atom is 0.0992 e. The molecule has 0 amide bonds. The quantitative estimate of drug-likeness (QED) is 0.832. The Labute approximate surface area is 102 Å². The molecule has 0 aliphatic heterocycles. The van der Waals surface area contributed by atoms with E-state index < -0.39 is 0 Å². The summed E-state index contributed by atoms with van der Waals surface area (Å²) in [7, 11) is 0. The maximum absolute atomic E-state index is 8.81. The number of nitriles is 1. The SMILES string of the molecule is CCCCC(C)Nc1cc(C#N)ccc1Cl. The van der Waals surface area contributed by atoms with Crippen molar-refractivity contribution < 1.29 is 0 Å². The lowest BCUT2D eigenvalue weighted by molar-refractivity contribution is 0.645. The number of halogens is 1. The van der Waals surface area contributed by atoms with Crippen LogP contribution < -0.4 is 5.32 Å². The lowest BCUT2D eigenvalue weighted by Crippen LogP contribution is -2.15. The van der Waals surface area contributed by atoms with Gasteiger partial charge in [-0.3, -0.25) is 0 Å². The minimum atomic E-state index is 0.381. The fraction of sp³-hybridized carbons (Fsp3) is 0.462. The lowest BCUT2D eigenvalue weighted by Gasteiger charge is -2.16. The molecule has 2 nitrogen and oxygen atoms in total. The van der Waals surface area contributed by atoms with Crippen LogP contribution in [-0.2, 0) is 0 Å². The van der Waals surface area contributed by atoms with Gasteiger partial charge in [-0.2, -0.15) is 5.26 Å². The fourth-order valence-corrected chi connectivity index (χ4v) is 1.73. The van der Waals surface area contributed by atoms with Crippen LogP contribution in [0.15, 0.2) is 18.2 Å². The molecule has 0 heterocycles. The van der Waals surface area contributed by atoms with Crippen LogP contribution in [0.2, 0.25) is 5.02 Å². The first kappa shape index (κ1) is 12.9. The van der Waals surface area contributed by atoms with Gasteiger partial charge in [-0.15, -0.1) is 0 Å². The molecule has 0 aliphatic rings. The van der Waals surface area contributed by atoms with Gasteiger partial charge >= 0.3 is 0 Å². The van der Waals surface area contributed by atoms with Crippen LogP contribution in [0.4, 0.5) is 5.69 Å². The van der Waals surface area contributed by atoms with E-state index in [0.717, 1.165) is 12.1 Å². The largest absolute Gasteiger partial charge is 0.381 e. The molecule has 0 saturated heterocycles. The molecule has 1 atom stereocenters.